The summed E-state index contributed by atoms with van der Waals surface area (Å²) in [5.74, 6) is 0.614. The molecule has 0 atom stereocenters. The minimum atomic E-state index is -0.471. The van der Waals surface area contributed by atoms with Gasteiger partial charge in [0.05, 0.1) is 18.9 Å². The lowest BCUT2D eigenvalue weighted by atomic mass is 10.0. The Labute approximate surface area is 182 Å². The zero-order valence-electron chi connectivity index (χ0n) is 16.7. The lowest BCUT2D eigenvalue weighted by molar-refractivity contribution is 0.0600. The van der Waals surface area contributed by atoms with E-state index in [0.29, 0.717) is 22.8 Å². The highest BCUT2D eigenvalue weighted by molar-refractivity contribution is 9.10. The number of esters is 1. The molecule has 0 bridgehead atoms. The van der Waals surface area contributed by atoms with Crippen molar-refractivity contribution in [1.82, 2.24) is 5.43 Å². The highest BCUT2D eigenvalue weighted by Crippen LogP contribution is 2.26. The van der Waals surface area contributed by atoms with E-state index >= 15 is 0 Å². The molecule has 2 aromatic carbocycles. The zero-order chi connectivity index (χ0) is 21.7. The summed E-state index contributed by atoms with van der Waals surface area (Å²) in [6.45, 7) is 3.85. The van der Waals surface area contributed by atoms with Gasteiger partial charge in [0.15, 0.2) is 0 Å². The van der Waals surface area contributed by atoms with Crippen LogP contribution in [0.25, 0.3) is 11.3 Å². The number of nitrogens with zero attached hydrogens (tertiary/aromatic N) is 1. The van der Waals surface area contributed by atoms with Gasteiger partial charge in [0.1, 0.15) is 11.5 Å². The molecule has 0 aliphatic rings. The van der Waals surface area contributed by atoms with Gasteiger partial charge in [-0.05, 0) is 67.4 Å². The summed E-state index contributed by atoms with van der Waals surface area (Å²) in [7, 11) is 1.34. The topological polar surface area (TPSA) is 92.9 Å². The summed E-state index contributed by atoms with van der Waals surface area (Å²) >= 11 is 3.42. The number of carbonyl (C=O) groups is 2. The van der Waals surface area contributed by atoms with Gasteiger partial charge in [-0.3, -0.25) is 0 Å². The number of methoxy groups -OCH3 is 1. The molecule has 0 aliphatic heterocycles. The van der Waals surface area contributed by atoms with Gasteiger partial charge in [-0.15, -0.1) is 0 Å². The number of hydrazone groups is 1. The van der Waals surface area contributed by atoms with Crippen LogP contribution in [0.3, 0.4) is 0 Å². The largest absolute Gasteiger partial charge is 0.465 e. The Balaban J connectivity index is 1.65. The average Bonchev–Trinajstić information content (AvgIpc) is 3.19. The molecule has 1 aromatic heterocycles. The first-order chi connectivity index (χ1) is 14.4. The number of nitrogens with one attached hydrogen (secondary N) is 2. The second-order valence-corrected chi connectivity index (χ2v) is 7.37. The van der Waals surface area contributed by atoms with E-state index < -0.39 is 12.0 Å². The fourth-order valence-electron chi connectivity index (χ4n) is 2.74. The number of furan rings is 1. The van der Waals surface area contributed by atoms with Crippen molar-refractivity contribution in [2.45, 2.75) is 13.8 Å². The molecule has 30 heavy (non-hydrogen) atoms. The molecular formula is C22H20BrN3O4. The molecule has 154 valence electrons. The molecule has 0 radical (unpaired) electrons. The van der Waals surface area contributed by atoms with Gasteiger partial charge in [-0.25, -0.2) is 15.0 Å². The third-order valence-electron chi connectivity index (χ3n) is 4.32. The number of urea groups is 1. The monoisotopic (exact) mass is 469 g/mol. The Morgan fingerprint density at radius 1 is 1.07 bits per heavy atom. The van der Waals surface area contributed by atoms with E-state index in [9.17, 15) is 9.59 Å². The van der Waals surface area contributed by atoms with E-state index in [-0.39, 0.29) is 0 Å². The number of ether oxygens (including phenoxy) is 1. The van der Waals surface area contributed by atoms with Crippen molar-refractivity contribution in [1.29, 1.82) is 0 Å². The van der Waals surface area contributed by atoms with Crippen molar-refractivity contribution < 1.29 is 18.7 Å². The van der Waals surface area contributed by atoms with Gasteiger partial charge in [0, 0.05) is 15.7 Å². The quantitative estimate of drug-likeness (QED) is 0.302. The Kier molecular flexibility index (Phi) is 6.68. The second kappa shape index (κ2) is 9.41. The van der Waals surface area contributed by atoms with E-state index in [4.69, 9.17) is 9.15 Å². The number of anilines is 1. The number of hydrogen-bond donors (Lipinski definition) is 2. The van der Waals surface area contributed by atoms with Crippen molar-refractivity contribution >= 4 is 39.8 Å². The number of hydrogen-bond acceptors (Lipinski definition) is 5. The van der Waals surface area contributed by atoms with Crippen molar-refractivity contribution in [3.63, 3.8) is 0 Å². The lowest BCUT2D eigenvalue weighted by Crippen LogP contribution is -2.24. The number of carbonyl (C=O) groups excluding carboxylic acids is 2. The van der Waals surface area contributed by atoms with Gasteiger partial charge in [0.25, 0.3) is 0 Å². The van der Waals surface area contributed by atoms with E-state index in [0.717, 1.165) is 21.2 Å². The molecule has 0 saturated heterocycles. The second-order valence-electron chi connectivity index (χ2n) is 6.51. The fraction of sp³-hybridized carbons (Fsp3) is 0.136. The molecule has 3 aromatic rings. The number of rotatable bonds is 5. The molecule has 7 nitrogen and oxygen atoms in total. The van der Waals surface area contributed by atoms with Crippen LogP contribution < -0.4 is 10.7 Å². The number of halogens is 1. The first-order valence-corrected chi connectivity index (χ1v) is 9.82. The normalized spacial score (nSPS) is 10.8. The molecule has 1 heterocycles. The summed E-state index contributed by atoms with van der Waals surface area (Å²) in [5, 5.41) is 6.60. The van der Waals surface area contributed by atoms with Crippen LogP contribution in [0, 0.1) is 13.8 Å². The number of amides is 2. The van der Waals surface area contributed by atoms with Gasteiger partial charge < -0.3 is 14.5 Å². The van der Waals surface area contributed by atoms with Gasteiger partial charge in [0.2, 0.25) is 0 Å². The standard InChI is InChI=1S/C22H20BrN3O4/c1-13-4-5-15(21(27)29-3)11-18(13)20-9-7-17(30-20)12-24-26-22(28)25-16-6-8-19(23)14(2)10-16/h4-12H,1-3H3,(H2,25,26,28)/b24-12+. The Bertz CT molecular complexity index is 1120. The third-order valence-corrected chi connectivity index (χ3v) is 5.21. The van der Waals surface area contributed by atoms with Crippen LogP contribution in [-0.4, -0.2) is 25.3 Å². The van der Waals surface area contributed by atoms with Crippen LogP contribution in [0.15, 0.2) is 62.5 Å². The molecule has 8 heteroatoms. The van der Waals surface area contributed by atoms with Gasteiger partial charge in [-0.2, -0.15) is 5.10 Å². The minimum absolute atomic E-state index is 0.416. The first-order valence-electron chi connectivity index (χ1n) is 9.03. The Hall–Kier alpha value is -3.39. The molecule has 0 aliphatic carbocycles. The van der Waals surface area contributed by atoms with E-state index in [1.54, 1.807) is 30.3 Å². The number of benzene rings is 2. The number of aryl methyl sites for hydroxylation is 2. The van der Waals surface area contributed by atoms with E-state index in [1.165, 1.54) is 13.3 Å². The molecule has 3 rings (SSSR count). The van der Waals surface area contributed by atoms with Crippen molar-refractivity contribution in [2.75, 3.05) is 12.4 Å². The van der Waals surface area contributed by atoms with Crippen LogP contribution in [0.5, 0.6) is 0 Å². The summed E-state index contributed by atoms with van der Waals surface area (Å²) in [6, 6.07) is 13.8. The highest BCUT2D eigenvalue weighted by atomic mass is 79.9. The zero-order valence-corrected chi connectivity index (χ0v) is 18.2. The fourth-order valence-corrected chi connectivity index (χ4v) is 2.98. The van der Waals surface area contributed by atoms with Crippen LogP contribution in [0.4, 0.5) is 10.5 Å². The van der Waals surface area contributed by atoms with Crippen LogP contribution in [0.1, 0.15) is 27.2 Å². The van der Waals surface area contributed by atoms with E-state index in [2.05, 4.69) is 31.8 Å². The molecule has 0 fully saturated rings. The maximum Gasteiger partial charge on any atom is 0.339 e. The predicted molar refractivity (Wildman–Crippen MR) is 119 cm³/mol. The summed E-state index contributed by atoms with van der Waals surface area (Å²) in [4.78, 5) is 23.7. The maximum absolute atomic E-state index is 12.0. The van der Waals surface area contributed by atoms with Crippen LogP contribution in [0.2, 0.25) is 0 Å². The van der Waals surface area contributed by atoms with Crippen molar-refractivity contribution in [3.8, 4) is 11.3 Å². The van der Waals surface area contributed by atoms with Crippen molar-refractivity contribution in [3.05, 3.63) is 75.5 Å². The smallest absolute Gasteiger partial charge is 0.339 e. The van der Waals surface area contributed by atoms with Crippen LogP contribution in [-0.2, 0) is 4.74 Å². The highest BCUT2D eigenvalue weighted by Gasteiger charge is 2.12. The lowest BCUT2D eigenvalue weighted by Gasteiger charge is -2.06. The maximum atomic E-state index is 12.0. The third kappa shape index (κ3) is 5.15. The molecule has 2 N–H and O–H groups in total. The average molecular weight is 470 g/mol. The predicted octanol–water partition coefficient (Wildman–Crippen LogP) is 5.27. The minimum Gasteiger partial charge on any atom is -0.465 e. The summed E-state index contributed by atoms with van der Waals surface area (Å²) in [6.07, 6.45) is 1.40. The molecule has 0 saturated carbocycles. The molecule has 0 unspecified atom stereocenters. The Morgan fingerprint density at radius 3 is 2.60 bits per heavy atom. The van der Waals surface area contributed by atoms with Gasteiger partial charge >= 0.3 is 12.0 Å². The van der Waals surface area contributed by atoms with Crippen LogP contribution >= 0.6 is 15.9 Å². The first kappa shape index (κ1) is 21.3. The van der Waals surface area contributed by atoms with Crippen molar-refractivity contribution in [2.24, 2.45) is 5.10 Å². The molecule has 2 amide bonds. The molecular weight excluding hydrogens is 450 g/mol. The SMILES string of the molecule is COC(=O)c1ccc(C)c(-c2ccc(/C=N/NC(=O)Nc3ccc(Br)c(C)c3)o2)c1. The molecule has 0 spiro atoms. The Morgan fingerprint density at radius 2 is 1.87 bits per heavy atom. The summed E-state index contributed by atoms with van der Waals surface area (Å²) in [5.41, 5.74) is 6.21. The van der Waals surface area contributed by atoms with E-state index in [1.807, 2.05) is 32.0 Å². The van der Waals surface area contributed by atoms with Gasteiger partial charge in [-0.1, -0.05) is 22.0 Å². The summed E-state index contributed by atoms with van der Waals surface area (Å²) < 4.78 is 11.5.